The molecule has 2 rings (SSSR count). The first-order valence-electron chi connectivity index (χ1n) is 5.60. The van der Waals surface area contributed by atoms with Gasteiger partial charge in [-0.15, -0.1) is 0 Å². The maximum absolute atomic E-state index is 5.65. The van der Waals surface area contributed by atoms with Crippen LogP contribution in [0.3, 0.4) is 0 Å². The molecule has 1 aliphatic heterocycles. The van der Waals surface area contributed by atoms with Gasteiger partial charge in [-0.25, -0.2) is 4.98 Å². The van der Waals surface area contributed by atoms with Gasteiger partial charge < -0.3 is 15.5 Å². The second kappa shape index (κ2) is 4.86. The fourth-order valence-corrected chi connectivity index (χ4v) is 1.84. The molecule has 0 aromatic carbocycles. The lowest BCUT2D eigenvalue weighted by molar-refractivity contribution is 0.330. The summed E-state index contributed by atoms with van der Waals surface area (Å²) in [6.07, 6.45) is 3.47. The standard InChI is InChI=1S/C12H17N5/c1-3-10(2)16-6-8-17(9-7-16)12-14-5-4-11(13)15-12/h3-5H,1-2,6-9H2,(H2,13,14,15). The van der Waals surface area contributed by atoms with Gasteiger partial charge in [0, 0.05) is 38.1 Å². The summed E-state index contributed by atoms with van der Waals surface area (Å²) in [5, 5.41) is 0. The zero-order valence-electron chi connectivity index (χ0n) is 9.84. The van der Waals surface area contributed by atoms with Crippen LogP contribution < -0.4 is 10.6 Å². The Morgan fingerprint density at radius 2 is 2.06 bits per heavy atom. The molecule has 90 valence electrons. The number of hydrogen-bond donors (Lipinski definition) is 1. The molecule has 1 aromatic rings. The highest BCUT2D eigenvalue weighted by atomic mass is 15.3. The van der Waals surface area contributed by atoms with Crippen molar-refractivity contribution in [2.24, 2.45) is 0 Å². The molecule has 1 aromatic heterocycles. The molecule has 1 saturated heterocycles. The van der Waals surface area contributed by atoms with Crippen molar-refractivity contribution in [3.05, 3.63) is 37.2 Å². The zero-order valence-corrected chi connectivity index (χ0v) is 9.84. The number of anilines is 2. The maximum Gasteiger partial charge on any atom is 0.227 e. The smallest absolute Gasteiger partial charge is 0.227 e. The fourth-order valence-electron chi connectivity index (χ4n) is 1.84. The molecule has 17 heavy (non-hydrogen) atoms. The van der Waals surface area contributed by atoms with E-state index in [0.717, 1.165) is 31.9 Å². The third-order valence-electron chi connectivity index (χ3n) is 2.87. The molecule has 5 heteroatoms. The van der Waals surface area contributed by atoms with Crippen molar-refractivity contribution in [3.8, 4) is 0 Å². The Hall–Kier alpha value is -2.04. The second-order valence-electron chi connectivity index (χ2n) is 3.95. The number of allylic oxidation sites excluding steroid dienone is 1. The van der Waals surface area contributed by atoms with Gasteiger partial charge in [0.15, 0.2) is 0 Å². The largest absolute Gasteiger partial charge is 0.384 e. The molecule has 0 spiro atoms. The lowest BCUT2D eigenvalue weighted by Crippen LogP contribution is -2.46. The van der Waals surface area contributed by atoms with Crippen LogP contribution in [-0.4, -0.2) is 41.0 Å². The van der Waals surface area contributed by atoms with Crippen molar-refractivity contribution >= 4 is 11.8 Å². The van der Waals surface area contributed by atoms with E-state index in [9.17, 15) is 0 Å². The Balaban J connectivity index is 1.99. The number of aromatic nitrogens is 2. The van der Waals surface area contributed by atoms with Gasteiger partial charge in [-0.2, -0.15) is 4.98 Å². The van der Waals surface area contributed by atoms with Gasteiger partial charge in [0.1, 0.15) is 5.82 Å². The van der Waals surface area contributed by atoms with Crippen molar-refractivity contribution in [1.82, 2.24) is 14.9 Å². The topological polar surface area (TPSA) is 58.3 Å². The number of hydrogen-bond acceptors (Lipinski definition) is 5. The number of nitrogens with zero attached hydrogens (tertiary/aromatic N) is 4. The average molecular weight is 231 g/mol. The Bertz CT molecular complexity index is 421. The molecule has 0 atom stereocenters. The van der Waals surface area contributed by atoms with E-state index in [4.69, 9.17) is 5.73 Å². The van der Waals surface area contributed by atoms with Crippen LogP contribution in [0.15, 0.2) is 37.2 Å². The Kier molecular flexibility index (Phi) is 3.27. The van der Waals surface area contributed by atoms with Gasteiger partial charge in [0.25, 0.3) is 0 Å². The van der Waals surface area contributed by atoms with Crippen molar-refractivity contribution in [3.63, 3.8) is 0 Å². The first-order chi connectivity index (χ1) is 8.20. The van der Waals surface area contributed by atoms with Crippen LogP contribution >= 0.6 is 0 Å². The summed E-state index contributed by atoms with van der Waals surface area (Å²) in [5.41, 5.74) is 6.62. The van der Waals surface area contributed by atoms with Crippen molar-refractivity contribution in [2.45, 2.75) is 0 Å². The van der Waals surface area contributed by atoms with Crippen LogP contribution in [0.2, 0.25) is 0 Å². The van der Waals surface area contributed by atoms with Crippen LogP contribution in [0.5, 0.6) is 0 Å². The summed E-state index contributed by atoms with van der Waals surface area (Å²) in [6.45, 7) is 11.2. The minimum Gasteiger partial charge on any atom is -0.384 e. The number of nitrogen functional groups attached to an aromatic ring is 1. The van der Waals surface area contributed by atoms with Crippen LogP contribution in [-0.2, 0) is 0 Å². The molecule has 2 heterocycles. The van der Waals surface area contributed by atoms with Crippen molar-refractivity contribution in [1.29, 1.82) is 0 Å². The summed E-state index contributed by atoms with van der Waals surface area (Å²) in [6, 6.07) is 1.69. The molecule has 2 N–H and O–H groups in total. The third-order valence-corrected chi connectivity index (χ3v) is 2.87. The van der Waals surface area contributed by atoms with Gasteiger partial charge in [-0.05, 0) is 12.1 Å². The van der Waals surface area contributed by atoms with Crippen molar-refractivity contribution < 1.29 is 0 Å². The molecular weight excluding hydrogens is 214 g/mol. The van der Waals surface area contributed by atoms with Crippen LogP contribution in [0, 0.1) is 0 Å². The minimum atomic E-state index is 0.507. The quantitative estimate of drug-likeness (QED) is 0.783. The third kappa shape index (κ3) is 2.55. The summed E-state index contributed by atoms with van der Waals surface area (Å²) in [7, 11) is 0. The highest BCUT2D eigenvalue weighted by molar-refractivity contribution is 5.38. The molecule has 0 saturated carbocycles. The molecule has 0 bridgehead atoms. The van der Waals surface area contributed by atoms with Gasteiger partial charge in [0.2, 0.25) is 5.95 Å². The molecule has 5 nitrogen and oxygen atoms in total. The van der Waals surface area contributed by atoms with E-state index in [1.54, 1.807) is 18.3 Å². The SMILES string of the molecule is C=CC(=C)N1CCN(c2nccc(N)n2)CC1. The summed E-state index contributed by atoms with van der Waals surface area (Å²) >= 11 is 0. The van der Waals surface area contributed by atoms with Gasteiger partial charge in [-0.3, -0.25) is 0 Å². The monoisotopic (exact) mass is 231 g/mol. The minimum absolute atomic E-state index is 0.507. The Morgan fingerprint density at radius 3 is 2.65 bits per heavy atom. The van der Waals surface area contributed by atoms with Crippen molar-refractivity contribution in [2.75, 3.05) is 36.8 Å². The zero-order chi connectivity index (χ0) is 12.3. The van der Waals surface area contributed by atoms with E-state index in [0.29, 0.717) is 11.8 Å². The lowest BCUT2D eigenvalue weighted by atomic mass is 10.3. The van der Waals surface area contributed by atoms with E-state index < -0.39 is 0 Å². The molecule has 1 fully saturated rings. The summed E-state index contributed by atoms with van der Waals surface area (Å²) < 4.78 is 0. The Labute approximate surface area is 101 Å². The average Bonchev–Trinajstić information content (AvgIpc) is 2.38. The van der Waals surface area contributed by atoms with Crippen LogP contribution in [0.25, 0.3) is 0 Å². The van der Waals surface area contributed by atoms with E-state index >= 15 is 0 Å². The molecule has 1 aliphatic rings. The normalized spacial score (nSPS) is 15.8. The molecule has 0 radical (unpaired) electrons. The lowest BCUT2D eigenvalue weighted by Gasteiger charge is -2.36. The fraction of sp³-hybridized carbons (Fsp3) is 0.333. The van der Waals surface area contributed by atoms with Gasteiger partial charge >= 0.3 is 0 Å². The first-order valence-corrected chi connectivity index (χ1v) is 5.60. The number of piperazine rings is 1. The highest BCUT2D eigenvalue weighted by Gasteiger charge is 2.18. The molecule has 0 aliphatic carbocycles. The maximum atomic E-state index is 5.65. The summed E-state index contributed by atoms with van der Waals surface area (Å²) in [4.78, 5) is 12.8. The Morgan fingerprint density at radius 1 is 1.35 bits per heavy atom. The van der Waals surface area contributed by atoms with E-state index in [-0.39, 0.29) is 0 Å². The summed E-state index contributed by atoms with van der Waals surface area (Å²) in [5.74, 6) is 1.21. The van der Waals surface area contributed by atoms with E-state index in [1.807, 2.05) is 0 Å². The second-order valence-corrected chi connectivity index (χ2v) is 3.95. The number of nitrogens with two attached hydrogens (primary N) is 1. The highest BCUT2D eigenvalue weighted by Crippen LogP contribution is 2.14. The van der Waals surface area contributed by atoms with Gasteiger partial charge in [0.05, 0.1) is 0 Å². The van der Waals surface area contributed by atoms with E-state index in [1.165, 1.54) is 0 Å². The molecule has 0 amide bonds. The number of rotatable bonds is 3. The predicted molar refractivity (Wildman–Crippen MR) is 69.6 cm³/mol. The molecule has 0 unspecified atom stereocenters. The van der Waals surface area contributed by atoms with Crippen LogP contribution in [0.4, 0.5) is 11.8 Å². The predicted octanol–water partition coefficient (Wildman–Crippen LogP) is 0.880. The van der Waals surface area contributed by atoms with E-state index in [2.05, 4.69) is 32.9 Å². The van der Waals surface area contributed by atoms with Crippen LogP contribution in [0.1, 0.15) is 0 Å². The van der Waals surface area contributed by atoms with Gasteiger partial charge in [-0.1, -0.05) is 13.2 Å². The molecular formula is C12H17N5. The first kappa shape index (κ1) is 11.4.